The van der Waals surface area contributed by atoms with Crippen molar-refractivity contribution < 1.29 is 28.6 Å². The molecule has 0 N–H and O–H groups in total. The number of unbranched alkanes of at least 4 members (excludes halogenated alkanes) is 1. The summed E-state index contributed by atoms with van der Waals surface area (Å²) < 4.78 is 15.8. The molecule has 0 saturated carbocycles. The average molecular weight is 475 g/mol. The first-order valence-electron chi connectivity index (χ1n) is 12.3. The molecule has 0 amide bonds. The van der Waals surface area contributed by atoms with E-state index in [0.29, 0.717) is 0 Å². The lowest BCUT2D eigenvalue weighted by Crippen LogP contribution is -2.30. The van der Waals surface area contributed by atoms with Crippen molar-refractivity contribution in [3.05, 3.63) is 60.8 Å². The van der Waals surface area contributed by atoms with Crippen LogP contribution in [0.3, 0.4) is 0 Å². The molecule has 0 aliphatic rings. The highest BCUT2D eigenvalue weighted by atomic mass is 16.6. The topological polar surface area (TPSA) is 78.9 Å². The van der Waals surface area contributed by atoms with Gasteiger partial charge in [-0.3, -0.25) is 14.4 Å². The second kappa shape index (κ2) is 23.3. The van der Waals surface area contributed by atoms with Gasteiger partial charge in [0.2, 0.25) is 0 Å². The molecule has 0 aliphatic heterocycles. The van der Waals surface area contributed by atoms with E-state index < -0.39 is 24.0 Å². The van der Waals surface area contributed by atoms with Gasteiger partial charge in [-0.05, 0) is 32.1 Å². The van der Waals surface area contributed by atoms with Crippen LogP contribution in [0.4, 0.5) is 0 Å². The van der Waals surface area contributed by atoms with Crippen LogP contribution < -0.4 is 0 Å². The summed E-state index contributed by atoms with van der Waals surface area (Å²) in [7, 11) is 0. The number of allylic oxidation sites excluding steroid dienone is 7. The van der Waals surface area contributed by atoms with Crippen LogP contribution in [0.15, 0.2) is 60.8 Å². The molecule has 0 rings (SSSR count). The quantitative estimate of drug-likeness (QED) is 0.124. The zero-order chi connectivity index (χ0) is 25.3. The smallest absolute Gasteiger partial charge is 0.310 e. The Kier molecular flexibility index (Phi) is 21.3. The normalized spacial score (nSPS) is 12.9. The zero-order valence-corrected chi connectivity index (χ0v) is 21.1. The van der Waals surface area contributed by atoms with Gasteiger partial charge >= 0.3 is 17.9 Å². The Balaban J connectivity index is 4.61. The molecule has 0 bridgehead atoms. The summed E-state index contributed by atoms with van der Waals surface area (Å²) in [6, 6.07) is 0. The lowest BCUT2D eigenvalue weighted by molar-refractivity contribution is -0.165. The summed E-state index contributed by atoms with van der Waals surface area (Å²) in [5, 5.41) is 0. The highest BCUT2D eigenvalue weighted by molar-refractivity contribution is 5.73. The molecular weight excluding hydrogens is 432 g/mol. The van der Waals surface area contributed by atoms with Gasteiger partial charge in [-0.15, -0.1) is 0 Å². The van der Waals surface area contributed by atoms with E-state index in [0.717, 1.165) is 38.5 Å². The number of hydrogen-bond acceptors (Lipinski definition) is 6. The minimum absolute atomic E-state index is 0.0892. The molecule has 0 saturated heterocycles. The molecule has 190 valence electrons. The molecule has 0 fully saturated rings. The average Bonchev–Trinajstić information content (AvgIpc) is 2.82. The van der Waals surface area contributed by atoms with Crippen LogP contribution in [0.5, 0.6) is 0 Å². The second-order valence-electron chi connectivity index (χ2n) is 7.52. The minimum atomic E-state index is -0.857. The maximum absolute atomic E-state index is 12.2. The summed E-state index contributed by atoms with van der Waals surface area (Å²) >= 11 is 0. The van der Waals surface area contributed by atoms with Crippen LogP contribution in [-0.4, -0.2) is 37.2 Å². The van der Waals surface area contributed by atoms with E-state index in [2.05, 4.69) is 32.1 Å². The Hall–Kier alpha value is -2.89. The summed E-state index contributed by atoms with van der Waals surface area (Å²) in [4.78, 5) is 36.0. The number of carbonyl (C=O) groups excluding carboxylic acids is 3. The standard InChI is InChI=1S/C28H42O6/c1-4-7-10-12-14-16-18-21-27(30)33-24-25(23-32-26(29)20-17-9-6-3)34-28(31)22-19-15-13-11-8-5-2/h8-12,15-19,25H,4-7,13-14,20-24H2,1-3H3/b11-8-,12-10-,17-9-,18-16-,19-15-. The van der Waals surface area contributed by atoms with Gasteiger partial charge in [0.15, 0.2) is 6.10 Å². The Morgan fingerprint density at radius 3 is 1.56 bits per heavy atom. The fourth-order valence-corrected chi connectivity index (χ4v) is 2.54. The van der Waals surface area contributed by atoms with E-state index in [4.69, 9.17) is 14.2 Å². The molecule has 34 heavy (non-hydrogen) atoms. The SMILES string of the molecule is CC/C=C\C/C=C\CC(=O)OC(COC(=O)C/C=C\CC)COC(=O)C/C=C\C/C=C\CCC. The van der Waals surface area contributed by atoms with Gasteiger partial charge in [-0.1, -0.05) is 88.0 Å². The maximum atomic E-state index is 12.2. The van der Waals surface area contributed by atoms with Gasteiger partial charge in [-0.2, -0.15) is 0 Å². The molecule has 0 aromatic carbocycles. The number of esters is 3. The predicted octanol–water partition coefficient (Wildman–Crippen LogP) is 6.34. The van der Waals surface area contributed by atoms with Crippen LogP contribution in [0.25, 0.3) is 0 Å². The first-order valence-corrected chi connectivity index (χ1v) is 12.3. The predicted molar refractivity (Wildman–Crippen MR) is 136 cm³/mol. The highest BCUT2D eigenvalue weighted by Gasteiger charge is 2.18. The monoisotopic (exact) mass is 474 g/mol. The van der Waals surface area contributed by atoms with Gasteiger partial charge < -0.3 is 14.2 Å². The second-order valence-corrected chi connectivity index (χ2v) is 7.52. The Morgan fingerprint density at radius 1 is 0.588 bits per heavy atom. The van der Waals surface area contributed by atoms with Crippen molar-refractivity contribution in [2.45, 2.75) is 84.7 Å². The van der Waals surface area contributed by atoms with Crippen molar-refractivity contribution in [1.29, 1.82) is 0 Å². The lowest BCUT2D eigenvalue weighted by Gasteiger charge is -2.17. The molecule has 0 aromatic rings. The minimum Gasteiger partial charge on any atom is -0.461 e. The fraction of sp³-hybridized carbons (Fsp3) is 0.536. The Morgan fingerprint density at radius 2 is 1.03 bits per heavy atom. The molecule has 0 spiro atoms. The zero-order valence-electron chi connectivity index (χ0n) is 21.1. The third-order valence-corrected chi connectivity index (χ3v) is 4.32. The van der Waals surface area contributed by atoms with Crippen LogP contribution >= 0.6 is 0 Å². The van der Waals surface area contributed by atoms with Crippen LogP contribution in [0, 0.1) is 0 Å². The van der Waals surface area contributed by atoms with Crippen molar-refractivity contribution in [2.75, 3.05) is 13.2 Å². The van der Waals surface area contributed by atoms with Crippen molar-refractivity contribution in [3.63, 3.8) is 0 Å². The van der Waals surface area contributed by atoms with Gasteiger partial charge in [0.05, 0.1) is 19.3 Å². The van der Waals surface area contributed by atoms with Crippen molar-refractivity contribution >= 4 is 17.9 Å². The first-order chi connectivity index (χ1) is 16.5. The lowest BCUT2D eigenvalue weighted by atomic mass is 10.2. The third kappa shape index (κ3) is 21.0. The van der Waals surface area contributed by atoms with E-state index in [-0.39, 0.29) is 32.5 Å². The summed E-state index contributed by atoms with van der Waals surface area (Å²) in [5.41, 5.74) is 0. The summed E-state index contributed by atoms with van der Waals surface area (Å²) in [5.74, 6) is -1.34. The van der Waals surface area contributed by atoms with Crippen molar-refractivity contribution in [3.8, 4) is 0 Å². The number of rotatable bonds is 19. The van der Waals surface area contributed by atoms with E-state index in [1.165, 1.54) is 0 Å². The number of hydrogen-bond donors (Lipinski definition) is 0. The van der Waals surface area contributed by atoms with Crippen molar-refractivity contribution in [1.82, 2.24) is 0 Å². The van der Waals surface area contributed by atoms with E-state index in [1.807, 2.05) is 31.2 Å². The van der Waals surface area contributed by atoms with Crippen LogP contribution in [0.1, 0.15) is 78.6 Å². The van der Waals surface area contributed by atoms with E-state index >= 15 is 0 Å². The molecule has 1 atom stereocenters. The largest absolute Gasteiger partial charge is 0.461 e. The highest BCUT2D eigenvalue weighted by Crippen LogP contribution is 2.04. The van der Waals surface area contributed by atoms with E-state index in [9.17, 15) is 14.4 Å². The summed E-state index contributed by atoms with van der Waals surface area (Å²) in [6.45, 7) is 5.81. The molecule has 0 aliphatic carbocycles. The Labute approximate surface area is 205 Å². The fourth-order valence-electron chi connectivity index (χ4n) is 2.54. The molecule has 0 radical (unpaired) electrons. The number of ether oxygens (including phenoxy) is 3. The molecule has 0 aromatic heterocycles. The van der Waals surface area contributed by atoms with Crippen molar-refractivity contribution in [2.24, 2.45) is 0 Å². The Bertz CT molecular complexity index is 700. The maximum Gasteiger partial charge on any atom is 0.310 e. The van der Waals surface area contributed by atoms with Gasteiger partial charge in [0.1, 0.15) is 13.2 Å². The van der Waals surface area contributed by atoms with Gasteiger partial charge in [-0.25, -0.2) is 0 Å². The van der Waals surface area contributed by atoms with Gasteiger partial charge in [0, 0.05) is 0 Å². The molecule has 6 nitrogen and oxygen atoms in total. The third-order valence-electron chi connectivity index (χ3n) is 4.32. The van der Waals surface area contributed by atoms with E-state index in [1.54, 1.807) is 18.2 Å². The molecule has 0 heterocycles. The molecule has 1 unspecified atom stereocenters. The molecule has 6 heteroatoms. The van der Waals surface area contributed by atoms with Crippen LogP contribution in [0.2, 0.25) is 0 Å². The van der Waals surface area contributed by atoms with Gasteiger partial charge in [0.25, 0.3) is 0 Å². The first kappa shape index (κ1) is 31.1. The summed E-state index contributed by atoms with van der Waals surface area (Å²) in [6.07, 6.45) is 24.0. The molecular formula is C28H42O6. The number of carbonyl (C=O) groups is 3. The van der Waals surface area contributed by atoms with Crippen LogP contribution in [-0.2, 0) is 28.6 Å².